The largest absolute Gasteiger partial charge is 0.319 e. The van der Waals surface area contributed by atoms with Gasteiger partial charge in [-0.05, 0) is 31.0 Å². The predicted octanol–water partition coefficient (Wildman–Crippen LogP) is 4.62. The minimum Gasteiger partial charge on any atom is -0.319 e. The first kappa shape index (κ1) is 15.7. The molecule has 0 saturated carbocycles. The molecule has 0 aliphatic rings. The first-order chi connectivity index (χ1) is 9.18. The molecule has 2 aromatic rings. The maximum Gasteiger partial charge on any atom is 0.113 e. The summed E-state index contributed by atoms with van der Waals surface area (Å²) in [5.74, 6) is 0. The van der Waals surface area contributed by atoms with Crippen molar-refractivity contribution in [1.82, 2.24) is 4.98 Å². The molecule has 0 fully saturated rings. The molecule has 2 nitrogen and oxygen atoms in total. The van der Waals surface area contributed by atoms with E-state index in [-0.39, 0.29) is 5.41 Å². The van der Waals surface area contributed by atoms with Crippen LogP contribution in [0.25, 0.3) is 0 Å². The van der Waals surface area contributed by atoms with Gasteiger partial charge in [0.25, 0.3) is 0 Å². The maximum absolute atomic E-state index is 6.50. The van der Waals surface area contributed by atoms with E-state index in [9.17, 15) is 0 Å². The van der Waals surface area contributed by atoms with Crippen LogP contribution >= 0.6 is 27.3 Å². The Labute approximate surface area is 133 Å². The van der Waals surface area contributed by atoms with E-state index in [1.165, 1.54) is 5.56 Å². The van der Waals surface area contributed by atoms with E-state index in [1.807, 2.05) is 12.1 Å². The fourth-order valence-electron chi connectivity index (χ4n) is 1.98. The van der Waals surface area contributed by atoms with Crippen LogP contribution in [-0.2, 0) is 17.4 Å². The summed E-state index contributed by atoms with van der Waals surface area (Å²) in [6.07, 6.45) is 0.789. The third-order valence-corrected chi connectivity index (χ3v) is 4.90. The summed E-state index contributed by atoms with van der Waals surface area (Å²) in [5.41, 5.74) is 8.49. The molecule has 0 radical (unpaired) electrons. The van der Waals surface area contributed by atoms with Crippen molar-refractivity contribution in [2.24, 2.45) is 5.73 Å². The molecule has 0 aliphatic carbocycles. The van der Waals surface area contributed by atoms with Gasteiger partial charge in [0.05, 0.1) is 11.2 Å². The standard InChI is InChI=1S/C16H21BrN2S/c1-15(2,3)13-10-20-14(19-13)16(4,18)9-11-5-7-12(17)8-6-11/h5-8,10H,9,18H2,1-4H3. The van der Waals surface area contributed by atoms with Gasteiger partial charge < -0.3 is 5.73 Å². The Bertz CT molecular complexity index is 579. The van der Waals surface area contributed by atoms with Crippen LogP contribution in [0.2, 0.25) is 0 Å². The van der Waals surface area contributed by atoms with Gasteiger partial charge in [-0.25, -0.2) is 4.98 Å². The van der Waals surface area contributed by atoms with Crippen LogP contribution in [0.5, 0.6) is 0 Å². The molecule has 2 N–H and O–H groups in total. The van der Waals surface area contributed by atoms with E-state index in [2.05, 4.69) is 61.1 Å². The maximum atomic E-state index is 6.50. The van der Waals surface area contributed by atoms with Crippen LogP contribution in [0.1, 0.15) is 44.0 Å². The van der Waals surface area contributed by atoms with Crippen LogP contribution < -0.4 is 5.73 Å². The van der Waals surface area contributed by atoms with Gasteiger partial charge in [0.15, 0.2) is 0 Å². The Kier molecular flexibility index (Phi) is 4.38. The highest BCUT2D eigenvalue weighted by molar-refractivity contribution is 9.10. The molecule has 20 heavy (non-hydrogen) atoms. The zero-order valence-corrected chi connectivity index (χ0v) is 14.8. The van der Waals surface area contributed by atoms with Crippen molar-refractivity contribution in [2.75, 3.05) is 0 Å². The lowest BCUT2D eigenvalue weighted by molar-refractivity contribution is 0.480. The van der Waals surface area contributed by atoms with Crippen molar-refractivity contribution in [3.8, 4) is 0 Å². The van der Waals surface area contributed by atoms with Crippen molar-refractivity contribution in [1.29, 1.82) is 0 Å². The normalized spacial score (nSPS) is 15.1. The molecule has 1 unspecified atom stereocenters. The van der Waals surface area contributed by atoms with Crippen molar-refractivity contribution < 1.29 is 0 Å². The summed E-state index contributed by atoms with van der Waals surface area (Å²) in [5, 5.41) is 3.13. The second-order valence-electron chi connectivity index (χ2n) is 6.51. The van der Waals surface area contributed by atoms with Gasteiger partial charge in [-0.1, -0.05) is 48.8 Å². The SMILES string of the molecule is CC(C)(C)c1csc(C(C)(N)Cc2ccc(Br)cc2)n1. The molecule has 108 valence electrons. The molecule has 1 heterocycles. The number of hydrogen-bond donors (Lipinski definition) is 1. The zero-order valence-electron chi connectivity index (χ0n) is 12.4. The van der Waals surface area contributed by atoms with Crippen molar-refractivity contribution in [2.45, 2.75) is 45.1 Å². The number of aromatic nitrogens is 1. The minimum absolute atomic E-state index is 0.0719. The molecule has 1 aromatic carbocycles. The molecule has 1 atom stereocenters. The number of thiazole rings is 1. The smallest absolute Gasteiger partial charge is 0.113 e. The summed E-state index contributed by atoms with van der Waals surface area (Å²) in [4.78, 5) is 4.75. The molecule has 0 amide bonds. The van der Waals surface area contributed by atoms with Crippen LogP contribution in [0.3, 0.4) is 0 Å². The van der Waals surface area contributed by atoms with Crippen molar-refractivity contribution in [3.63, 3.8) is 0 Å². The average Bonchev–Trinajstić information content (AvgIpc) is 2.82. The number of nitrogens with zero attached hydrogens (tertiary/aromatic N) is 1. The topological polar surface area (TPSA) is 38.9 Å². The fourth-order valence-corrected chi connectivity index (χ4v) is 3.37. The summed E-state index contributed by atoms with van der Waals surface area (Å²) in [7, 11) is 0. The Balaban J connectivity index is 2.21. The molecule has 2 rings (SSSR count). The molecule has 4 heteroatoms. The second-order valence-corrected chi connectivity index (χ2v) is 8.28. The Morgan fingerprint density at radius 2 is 1.75 bits per heavy atom. The Morgan fingerprint density at radius 3 is 2.25 bits per heavy atom. The lowest BCUT2D eigenvalue weighted by atomic mass is 9.92. The van der Waals surface area contributed by atoms with Gasteiger partial charge in [-0.15, -0.1) is 11.3 Å². The summed E-state index contributed by atoms with van der Waals surface area (Å²) >= 11 is 5.11. The molecule has 0 aliphatic heterocycles. The minimum atomic E-state index is -0.429. The highest BCUT2D eigenvalue weighted by atomic mass is 79.9. The van der Waals surface area contributed by atoms with E-state index in [1.54, 1.807) is 11.3 Å². The van der Waals surface area contributed by atoms with Crippen LogP contribution in [-0.4, -0.2) is 4.98 Å². The highest BCUT2D eigenvalue weighted by Gasteiger charge is 2.27. The number of hydrogen-bond acceptors (Lipinski definition) is 3. The summed E-state index contributed by atoms with van der Waals surface area (Å²) in [6, 6.07) is 8.31. The van der Waals surface area contributed by atoms with Gasteiger partial charge in [0.2, 0.25) is 0 Å². The molecule has 0 spiro atoms. The zero-order chi connectivity index (χ0) is 15.0. The van der Waals surface area contributed by atoms with E-state index in [0.29, 0.717) is 0 Å². The summed E-state index contributed by atoms with van der Waals surface area (Å²) < 4.78 is 1.09. The first-order valence-corrected chi connectivity index (χ1v) is 8.35. The number of rotatable bonds is 3. The fraction of sp³-hybridized carbons (Fsp3) is 0.438. The van der Waals surface area contributed by atoms with Crippen LogP contribution in [0, 0.1) is 0 Å². The molecular weight excluding hydrogens is 332 g/mol. The number of halogens is 1. The lowest BCUT2D eigenvalue weighted by Crippen LogP contribution is -2.35. The molecular formula is C16H21BrN2S. The number of benzene rings is 1. The molecule has 1 aromatic heterocycles. The van der Waals surface area contributed by atoms with Gasteiger partial charge >= 0.3 is 0 Å². The highest BCUT2D eigenvalue weighted by Crippen LogP contribution is 2.30. The third kappa shape index (κ3) is 3.68. The second kappa shape index (κ2) is 5.58. The van der Waals surface area contributed by atoms with Crippen molar-refractivity contribution >= 4 is 27.3 Å². The molecule has 0 saturated heterocycles. The van der Waals surface area contributed by atoms with Crippen LogP contribution in [0.15, 0.2) is 34.1 Å². The monoisotopic (exact) mass is 352 g/mol. The van der Waals surface area contributed by atoms with E-state index in [0.717, 1.165) is 21.6 Å². The van der Waals surface area contributed by atoms with Gasteiger partial charge in [-0.3, -0.25) is 0 Å². The third-order valence-electron chi connectivity index (χ3n) is 3.25. The quantitative estimate of drug-likeness (QED) is 0.874. The van der Waals surface area contributed by atoms with Gasteiger partial charge in [0, 0.05) is 15.3 Å². The summed E-state index contributed by atoms with van der Waals surface area (Å²) in [6.45, 7) is 8.58. The predicted molar refractivity (Wildman–Crippen MR) is 90.2 cm³/mol. The Hall–Kier alpha value is -0.710. The van der Waals surface area contributed by atoms with E-state index >= 15 is 0 Å². The Morgan fingerprint density at radius 1 is 1.15 bits per heavy atom. The van der Waals surface area contributed by atoms with E-state index < -0.39 is 5.54 Å². The first-order valence-electron chi connectivity index (χ1n) is 6.68. The lowest BCUT2D eigenvalue weighted by Gasteiger charge is -2.22. The molecule has 0 bridgehead atoms. The van der Waals surface area contributed by atoms with Crippen molar-refractivity contribution in [3.05, 3.63) is 50.4 Å². The van der Waals surface area contributed by atoms with Gasteiger partial charge in [0.1, 0.15) is 5.01 Å². The average molecular weight is 353 g/mol. The van der Waals surface area contributed by atoms with E-state index in [4.69, 9.17) is 10.7 Å². The number of nitrogens with two attached hydrogens (primary N) is 1. The van der Waals surface area contributed by atoms with Gasteiger partial charge in [-0.2, -0.15) is 0 Å². The van der Waals surface area contributed by atoms with Crippen LogP contribution in [0.4, 0.5) is 0 Å².